The minimum absolute atomic E-state index is 0.117. The van der Waals surface area contributed by atoms with E-state index in [-0.39, 0.29) is 11.1 Å². The maximum Gasteiger partial charge on any atom is 0.141 e. The van der Waals surface area contributed by atoms with Crippen LogP contribution in [0.4, 0.5) is 4.39 Å². The highest BCUT2D eigenvalue weighted by Crippen LogP contribution is 2.32. The van der Waals surface area contributed by atoms with Gasteiger partial charge in [-0.05, 0) is 53.8 Å². The number of rotatable bonds is 3. The molecule has 0 spiro atoms. The van der Waals surface area contributed by atoms with Gasteiger partial charge in [-0.25, -0.2) is 4.39 Å². The number of benzene rings is 2. The molecule has 0 bridgehead atoms. The van der Waals surface area contributed by atoms with Crippen molar-refractivity contribution in [1.29, 1.82) is 0 Å². The molecule has 2 nitrogen and oxygen atoms in total. The minimum Gasteiger partial charge on any atom is -0.489 e. The molecule has 20 heavy (non-hydrogen) atoms. The lowest BCUT2D eigenvalue weighted by Crippen LogP contribution is -2.05. The van der Waals surface area contributed by atoms with Crippen LogP contribution in [0.3, 0.4) is 0 Å². The summed E-state index contributed by atoms with van der Waals surface area (Å²) in [5.74, 6) is 0.389. The molecule has 2 N–H and O–H groups in total. The van der Waals surface area contributed by atoms with Crippen molar-refractivity contribution in [3.63, 3.8) is 0 Å². The molecule has 0 amide bonds. The van der Waals surface area contributed by atoms with Crippen molar-refractivity contribution in [2.24, 2.45) is 5.73 Å². The molecule has 0 heterocycles. The molecule has 0 fully saturated rings. The smallest absolute Gasteiger partial charge is 0.141 e. The fraction of sp³-hybridized carbons (Fsp3) is 0.250. The third kappa shape index (κ3) is 2.65. The van der Waals surface area contributed by atoms with Gasteiger partial charge >= 0.3 is 0 Å². The zero-order valence-electron chi connectivity index (χ0n) is 10.9. The molecule has 0 saturated heterocycles. The summed E-state index contributed by atoms with van der Waals surface area (Å²) >= 11 is 5.74. The minimum atomic E-state index is -0.415. The fourth-order valence-electron chi connectivity index (χ4n) is 2.51. The van der Waals surface area contributed by atoms with Crippen molar-refractivity contribution < 1.29 is 9.13 Å². The Morgan fingerprint density at radius 3 is 2.90 bits per heavy atom. The van der Waals surface area contributed by atoms with Gasteiger partial charge in [-0.3, -0.25) is 0 Å². The van der Waals surface area contributed by atoms with Crippen molar-refractivity contribution in [1.82, 2.24) is 0 Å². The van der Waals surface area contributed by atoms with E-state index in [1.807, 2.05) is 18.2 Å². The summed E-state index contributed by atoms with van der Waals surface area (Å²) in [7, 11) is 0. The van der Waals surface area contributed by atoms with Crippen molar-refractivity contribution in [3.05, 3.63) is 63.9 Å². The van der Waals surface area contributed by atoms with Crippen LogP contribution in [0.1, 0.15) is 29.2 Å². The first kappa shape index (κ1) is 13.4. The van der Waals surface area contributed by atoms with E-state index in [0.717, 1.165) is 24.2 Å². The summed E-state index contributed by atoms with van der Waals surface area (Å²) in [6.07, 6.45) is 1.99. The van der Waals surface area contributed by atoms with E-state index in [4.69, 9.17) is 22.1 Å². The van der Waals surface area contributed by atoms with Crippen LogP contribution >= 0.6 is 11.6 Å². The highest BCUT2D eigenvalue weighted by Gasteiger charge is 2.19. The molecule has 104 valence electrons. The first-order valence-corrected chi connectivity index (χ1v) is 6.96. The Labute approximate surface area is 122 Å². The Morgan fingerprint density at radius 1 is 1.25 bits per heavy atom. The Bertz CT molecular complexity index is 644. The Morgan fingerprint density at radius 2 is 2.10 bits per heavy atom. The number of hydrogen-bond acceptors (Lipinski definition) is 2. The first-order chi connectivity index (χ1) is 9.63. The van der Waals surface area contributed by atoms with Crippen molar-refractivity contribution in [3.8, 4) is 5.75 Å². The third-order valence-corrected chi connectivity index (χ3v) is 3.92. The van der Waals surface area contributed by atoms with E-state index in [1.54, 1.807) is 12.1 Å². The maximum absolute atomic E-state index is 13.1. The normalized spacial score (nSPS) is 17.1. The molecular formula is C16H15ClFNO. The quantitative estimate of drug-likeness (QED) is 0.927. The second-order valence-corrected chi connectivity index (χ2v) is 5.45. The third-order valence-electron chi connectivity index (χ3n) is 3.63. The highest BCUT2D eigenvalue weighted by atomic mass is 35.5. The van der Waals surface area contributed by atoms with E-state index in [9.17, 15) is 4.39 Å². The molecule has 0 aliphatic heterocycles. The summed E-state index contributed by atoms with van der Waals surface area (Å²) in [5, 5.41) is 0.117. The SMILES string of the molecule is N[C@H]1CCc2cc(OCc3ccc(F)c(Cl)c3)ccc21. The van der Waals surface area contributed by atoms with Crippen LogP contribution in [-0.2, 0) is 13.0 Å². The number of aryl methyl sites for hydroxylation is 1. The van der Waals surface area contributed by atoms with Gasteiger partial charge in [0.1, 0.15) is 18.2 Å². The molecule has 1 aliphatic rings. The Hall–Kier alpha value is -1.58. The van der Waals surface area contributed by atoms with Crippen LogP contribution in [0.15, 0.2) is 36.4 Å². The average molecular weight is 292 g/mol. The van der Waals surface area contributed by atoms with Crippen LogP contribution < -0.4 is 10.5 Å². The molecule has 0 unspecified atom stereocenters. The number of halogens is 2. The lowest BCUT2D eigenvalue weighted by molar-refractivity contribution is 0.306. The Kier molecular flexibility index (Phi) is 3.64. The molecule has 0 aromatic heterocycles. The van der Waals surface area contributed by atoms with E-state index in [0.29, 0.717) is 6.61 Å². The molecule has 1 atom stereocenters. The molecule has 0 radical (unpaired) electrons. The van der Waals surface area contributed by atoms with Crippen molar-refractivity contribution >= 4 is 11.6 Å². The second kappa shape index (κ2) is 5.43. The summed E-state index contributed by atoms with van der Waals surface area (Å²) < 4.78 is 18.8. The van der Waals surface area contributed by atoms with Crippen LogP contribution in [-0.4, -0.2) is 0 Å². The van der Waals surface area contributed by atoms with E-state index >= 15 is 0 Å². The zero-order valence-corrected chi connectivity index (χ0v) is 11.7. The summed E-state index contributed by atoms with van der Waals surface area (Å²) in [6, 6.07) is 10.7. The number of ether oxygens (including phenoxy) is 1. The van der Waals surface area contributed by atoms with Crippen LogP contribution in [0, 0.1) is 5.82 Å². The van der Waals surface area contributed by atoms with Gasteiger partial charge in [0.15, 0.2) is 0 Å². The lowest BCUT2D eigenvalue weighted by Gasteiger charge is -2.10. The predicted octanol–water partition coefficient (Wildman–Crippen LogP) is 4.00. The standard InChI is InChI=1S/C16H15ClFNO/c17-14-7-10(1-5-15(14)18)9-20-12-3-4-13-11(8-12)2-6-16(13)19/h1,3-5,7-8,16H,2,6,9,19H2/t16-/m0/s1. The number of nitrogens with two attached hydrogens (primary N) is 1. The topological polar surface area (TPSA) is 35.2 Å². The monoisotopic (exact) mass is 291 g/mol. The molecule has 0 saturated carbocycles. The van der Waals surface area contributed by atoms with Gasteiger partial charge in [0, 0.05) is 6.04 Å². The summed E-state index contributed by atoms with van der Waals surface area (Å²) in [4.78, 5) is 0. The summed E-state index contributed by atoms with van der Waals surface area (Å²) in [5.41, 5.74) is 9.31. The molecule has 2 aromatic carbocycles. The van der Waals surface area contributed by atoms with Gasteiger partial charge in [-0.2, -0.15) is 0 Å². The van der Waals surface area contributed by atoms with Crippen LogP contribution in [0.5, 0.6) is 5.75 Å². The highest BCUT2D eigenvalue weighted by molar-refractivity contribution is 6.30. The maximum atomic E-state index is 13.1. The van der Waals surface area contributed by atoms with Gasteiger partial charge in [0.2, 0.25) is 0 Å². The van der Waals surface area contributed by atoms with Gasteiger partial charge < -0.3 is 10.5 Å². The van der Waals surface area contributed by atoms with Gasteiger partial charge in [0.25, 0.3) is 0 Å². The van der Waals surface area contributed by atoms with Gasteiger partial charge in [0.05, 0.1) is 5.02 Å². The van der Waals surface area contributed by atoms with E-state index in [1.165, 1.54) is 17.2 Å². The first-order valence-electron chi connectivity index (χ1n) is 6.58. The van der Waals surface area contributed by atoms with E-state index in [2.05, 4.69) is 0 Å². The van der Waals surface area contributed by atoms with Crippen LogP contribution in [0.2, 0.25) is 5.02 Å². The number of fused-ring (bicyclic) bond motifs is 1. The second-order valence-electron chi connectivity index (χ2n) is 5.04. The van der Waals surface area contributed by atoms with Gasteiger partial charge in [-0.1, -0.05) is 23.7 Å². The van der Waals surface area contributed by atoms with E-state index < -0.39 is 5.82 Å². The number of hydrogen-bond donors (Lipinski definition) is 1. The van der Waals surface area contributed by atoms with Crippen molar-refractivity contribution in [2.45, 2.75) is 25.5 Å². The average Bonchev–Trinajstić information content (AvgIpc) is 2.81. The Balaban J connectivity index is 1.71. The van der Waals surface area contributed by atoms with Crippen molar-refractivity contribution in [2.75, 3.05) is 0 Å². The molecule has 2 aromatic rings. The largest absolute Gasteiger partial charge is 0.489 e. The zero-order chi connectivity index (χ0) is 14.1. The molecule has 4 heteroatoms. The summed E-state index contributed by atoms with van der Waals surface area (Å²) in [6.45, 7) is 0.366. The lowest BCUT2D eigenvalue weighted by atomic mass is 10.1. The molecule has 3 rings (SSSR count). The molecular weight excluding hydrogens is 277 g/mol. The fourth-order valence-corrected chi connectivity index (χ4v) is 2.72. The van der Waals surface area contributed by atoms with Crippen LogP contribution in [0.25, 0.3) is 0 Å². The molecule has 1 aliphatic carbocycles. The van der Waals surface area contributed by atoms with Gasteiger partial charge in [-0.15, -0.1) is 0 Å². The predicted molar refractivity (Wildman–Crippen MR) is 77.4 cm³/mol.